The van der Waals surface area contributed by atoms with E-state index in [2.05, 4.69) is 15.3 Å². The second kappa shape index (κ2) is 7.83. The van der Waals surface area contributed by atoms with Crippen LogP contribution in [0, 0.1) is 6.92 Å². The van der Waals surface area contributed by atoms with Crippen molar-refractivity contribution >= 4 is 45.3 Å². The number of ether oxygens (including phenoxy) is 1. The highest BCUT2D eigenvalue weighted by Gasteiger charge is 2.34. The number of rotatable bonds is 5. The van der Waals surface area contributed by atoms with Gasteiger partial charge < -0.3 is 4.74 Å². The fraction of sp³-hybridized carbons (Fsp3) is 0.188. The monoisotopic (exact) mass is 433 g/mol. The van der Waals surface area contributed by atoms with E-state index >= 15 is 0 Å². The van der Waals surface area contributed by atoms with Gasteiger partial charge in [0.05, 0.1) is 5.69 Å². The highest BCUT2D eigenvalue weighted by Crippen LogP contribution is 2.32. The quantitative estimate of drug-likeness (QED) is 0.584. The lowest BCUT2D eigenvalue weighted by molar-refractivity contribution is -0.140. The number of carbonyl (C=O) groups is 1. The highest BCUT2D eigenvalue weighted by atomic mass is 35.5. The van der Waals surface area contributed by atoms with Gasteiger partial charge in [-0.2, -0.15) is 13.2 Å². The van der Waals surface area contributed by atoms with Gasteiger partial charge in [-0.1, -0.05) is 11.6 Å². The minimum atomic E-state index is -4.55. The summed E-state index contributed by atoms with van der Waals surface area (Å²) < 4.78 is 43.3. The van der Waals surface area contributed by atoms with Crippen molar-refractivity contribution in [3.8, 4) is 5.75 Å². The molecule has 0 atom stereocenters. The van der Waals surface area contributed by atoms with Crippen LogP contribution in [-0.4, -0.2) is 15.9 Å². The summed E-state index contributed by atoms with van der Waals surface area (Å²) in [5.74, 6) is 0.0338. The first-order valence-corrected chi connectivity index (χ1v) is 9.48. The van der Waals surface area contributed by atoms with Crippen molar-refractivity contribution in [1.82, 2.24) is 9.97 Å². The molecule has 0 bridgehead atoms. The molecule has 3 aromatic rings. The molecule has 11 heteroatoms. The molecule has 1 N–H and O–H groups in total. The lowest BCUT2D eigenvalue weighted by Crippen LogP contribution is -2.12. The maximum absolute atomic E-state index is 12.6. The van der Waals surface area contributed by atoms with Crippen molar-refractivity contribution in [2.75, 3.05) is 5.32 Å². The normalized spacial score (nSPS) is 11.4. The number of alkyl halides is 3. The number of halogens is 4. The minimum absolute atomic E-state index is 0.126. The minimum Gasteiger partial charge on any atom is -0.486 e. The van der Waals surface area contributed by atoms with E-state index < -0.39 is 17.8 Å². The summed E-state index contributed by atoms with van der Waals surface area (Å²) >= 11 is 7.61. The summed E-state index contributed by atoms with van der Waals surface area (Å²) in [5.41, 5.74) is -0.583. The standard InChI is InChI=1S/C16H11ClF3N3O2S2/c1-8-13(14(24)23-15-22-11(7-26-15)16(18,19)20)27-12(21-8)6-25-10-4-2-9(17)3-5-10/h2-5,7H,6H2,1H3,(H,22,23,24). The van der Waals surface area contributed by atoms with E-state index in [0.717, 1.165) is 16.7 Å². The fourth-order valence-electron chi connectivity index (χ4n) is 2.02. The van der Waals surface area contributed by atoms with Gasteiger partial charge in [-0.25, -0.2) is 9.97 Å². The van der Waals surface area contributed by atoms with Crippen LogP contribution >= 0.6 is 34.3 Å². The Balaban J connectivity index is 1.65. The summed E-state index contributed by atoms with van der Waals surface area (Å²) in [6.07, 6.45) is -4.55. The molecule has 27 heavy (non-hydrogen) atoms. The second-order valence-corrected chi connectivity index (χ2v) is 7.63. The van der Waals surface area contributed by atoms with Gasteiger partial charge in [0.1, 0.15) is 22.2 Å². The zero-order chi connectivity index (χ0) is 19.6. The molecule has 0 unspecified atom stereocenters. The first-order chi connectivity index (χ1) is 12.7. The van der Waals surface area contributed by atoms with Gasteiger partial charge in [0.25, 0.3) is 5.91 Å². The van der Waals surface area contributed by atoms with Crippen LogP contribution < -0.4 is 10.1 Å². The van der Waals surface area contributed by atoms with Crippen LogP contribution in [0.25, 0.3) is 0 Å². The van der Waals surface area contributed by atoms with Gasteiger partial charge in [-0.05, 0) is 31.2 Å². The maximum Gasteiger partial charge on any atom is 0.434 e. The Hall–Kier alpha value is -2.17. The SMILES string of the molecule is Cc1nc(COc2ccc(Cl)cc2)sc1C(=O)Nc1nc(C(F)(F)F)cs1. The van der Waals surface area contributed by atoms with E-state index in [1.807, 2.05) is 0 Å². The van der Waals surface area contributed by atoms with E-state index in [1.54, 1.807) is 31.2 Å². The molecule has 1 aromatic carbocycles. The highest BCUT2D eigenvalue weighted by molar-refractivity contribution is 7.15. The zero-order valence-corrected chi connectivity index (χ0v) is 16.0. The maximum atomic E-state index is 12.6. The number of carbonyl (C=O) groups excluding carboxylic acids is 1. The van der Waals surface area contributed by atoms with Gasteiger partial charge in [-0.15, -0.1) is 22.7 Å². The molecule has 3 rings (SSSR count). The van der Waals surface area contributed by atoms with Gasteiger partial charge in [-0.3, -0.25) is 10.1 Å². The van der Waals surface area contributed by atoms with E-state index in [1.165, 1.54) is 0 Å². The molecule has 1 amide bonds. The van der Waals surface area contributed by atoms with Crippen molar-refractivity contribution in [2.24, 2.45) is 0 Å². The Morgan fingerprint density at radius 3 is 2.59 bits per heavy atom. The van der Waals surface area contributed by atoms with Crippen LogP contribution in [0.4, 0.5) is 18.3 Å². The van der Waals surface area contributed by atoms with Gasteiger partial charge in [0.15, 0.2) is 10.8 Å². The van der Waals surface area contributed by atoms with E-state index in [0.29, 0.717) is 32.8 Å². The van der Waals surface area contributed by atoms with E-state index in [9.17, 15) is 18.0 Å². The largest absolute Gasteiger partial charge is 0.486 e. The molecule has 5 nitrogen and oxygen atoms in total. The molecule has 0 radical (unpaired) electrons. The molecule has 0 spiro atoms. The van der Waals surface area contributed by atoms with Crippen molar-refractivity contribution in [2.45, 2.75) is 19.7 Å². The Bertz CT molecular complexity index is 955. The fourth-order valence-corrected chi connectivity index (χ4v) is 3.73. The van der Waals surface area contributed by atoms with Crippen molar-refractivity contribution in [1.29, 1.82) is 0 Å². The number of nitrogens with zero attached hydrogens (tertiary/aromatic N) is 2. The third-order valence-corrected chi connectivity index (χ3v) is 5.38. The number of aryl methyl sites for hydroxylation is 1. The van der Waals surface area contributed by atoms with Gasteiger partial charge >= 0.3 is 6.18 Å². The second-order valence-electron chi connectivity index (χ2n) is 5.25. The number of amides is 1. The molecule has 142 valence electrons. The lowest BCUT2D eigenvalue weighted by Gasteiger charge is -2.03. The Kier molecular flexibility index (Phi) is 5.68. The van der Waals surface area contributed by atoms with Crippen LogP contribution in [0.3, 0.4) is 0 Å². The molecule has 0 saturated heterocycles. The number of benzene rings is 1. The number of nitrogens with one attached hydrogen (secondary N) is 1. The average molecular weight is 434 g/mol. The van der Waals surface area contributed by atoms with Crippen LogP contribution in [0.5, 0.6) is 5.75 Å². The average Bonchev–Trinajstić information content (AvgIpc) is 3.21. The summed E-state index contributed by atoms with van der Waals surface area (Å²) in [7, 11) is 0. The molecule has 0 aliphatic carbocycles. The third kappa shape index (κ3) is 4.96. The van der Waals surface area contributed by atoms with Crippen molar-refractivity contribution < 1.29 is 22.7 Å². The predicted molar refractivity (Wildman–Crippen MR) is 97.7 cm³/mol. The molecule has 2 heterocycles. The van der Waals surface area contributed by atoms with Crippen LogP contribution in [-0.2, 0) is 12.8 Å². The summed E-state index contributed by atoms with van der Waals surface area (Å²) in [6, 6.07) is 6.78. The first-order valence-electron chi connectivity index (χ1n) is 7.41. The van der Waals surface area contributed by atoms with E-state index in [-0.39, 0.29) is 16.6 Å². The van der Waals surface area contributed by atoms with Crippen molar-refractivity contribution in [3.63, 3.8) is 0 Å². The van der Waals surface area contributed by atoms with Crippen LogP contribution in [0.2, 0.25) is 5.02 Å². The summed E-state index contributed by atoms with van der Waals surface area (Å²) in [5, 5.41) is 4.23. The lowest BCUT2D eigenvalue weighted by atomic mass is 10.3. The number of hydrogen-bond donors (Lipinski definition) is 1. The zero-order valence-electron chi connectivity index (χ0n) is 13.6. The Morgan fingerprint density at radius 2 is 1.96 bits per heavy atom. The van der Waals surface area contributed by atoms with Crippen molar-refractivity contribution in [3.05, 3.63) is 55.9 Å². The number of hydrogen-bond acceptors (Lipinski definition) is 6. The molecular weight excluding hydrogens is 423 g/mol. The number of anilines is 1. The van der Waals surface area contributed by atoms with Gasteiger partial charge in [0.2, 0.25) is 0 Å². The topological polar surface area (TPSA) is 64.1 Å². The smallest absolute Gasteiger partial charge is 0.434 e. The summed E-state index contributed by atoms with van der Waals surface area (Å²) in [4.78, 5) is 20.2. The van der Waals surface area contributed by atoms with Gasteiger partial charge in [0, 0.05) is 10.4 Å². The molecule has 0 aliphatic rings. The molecule has 0 saturated carbocycles. The molecule has 2 aromatic heterocycles. The van der Waals surface area contributed by atoms with Crippen LogP contribution in [0.1, 0.15) is 26.1 Å². The third-order valence-electron chi connectivity index (χ3n) is 3.24. The first kappa shape index (κ1) is 19.6. The number of aromatic nitrogens is 2. The molecule has 0 fully saturated rings. The molecular formula is C16H11ClF3N3O2S2. The Morgan fingerprint density at radius 1 is 1.26 bits per heavy atom. The molecule has 0 aliphatic heterocycles. The van der Waals surface area contributed by atoms with Crippen LogP contribution in [0.15, 0.2) is 29.6 Å². The predicted octanol–water partition coefficient (Wildman–Crippen LogP) is 5.41. The van der Waals surface area contributed by atoms with E-state index in [4.69, 9.17) is 16.3 Å². The summed E-state index contributed by atoms with van der Waals surface area (Å²) in [6.45, 7) is 1.79. The Labute approximate surface area is 164 Å². The number of thiazole rings is 2.